The smallest absolute Gasteiger partial charge is 0.211 e. The maximum absolute atomic E-state index is 13.3. The number of hydrogen-bond acceptors (Lipinski definition) is 2. The van der Waals surface area contributed by atoms with E-state index >= 15 is 0 Å². The van der Waals surface area contributed by atoms with Crippen LogP contribution in [0.25, 0.3) is 0 Å². The van der Waals surface area contributed by atoms with Crippen molar-refractivity contribution in [3.63, 3.8) is 0 Å². The van der Waals surface area contributed by atoms with Crippen molar-refractivity contribution in [2.75, 3.05) is 0 Å². The van der Waals surface area contributed by atoms with Crippen LogP contribution in [-0.2, 0) is 0 Å². The summed E-state index contributed by atoms with van der Waals surface area (Å²) in [4.78, 5) is 0. The van der Waals surface area contributed by atoms with Gasteiger partial charge in [0.25, 0.3) is 0 Å². The van der Waals surface area contributed by atoms with Gasteiger partial charge in [-0.25, -0.2) is 13.2 Å². The molecule has 0 radical (unpaired) electrons. The molecule has 0 heterocycles. The second-order valence-electron chi connectivity index (χ2n) is 2.66. The highest BCUT2D eigenvalue weighted by Gasteiger charge is 2.15. The fraction of sp³-hybridized carbons (Fsp3) is 0. The zero-order chi connectivity index (χ0) is 12.3. The third kappa shape index (κ3) is 2.72. The van der Waals surface area contributed by atoms with Crippen LogP contribution in [0.5, 0.6) is 0 Å². The highest BCUT2D eigenvalue weighted by atomic mass is 79.9. The number of guanidine groups is 1. The van der Waals surface area contributed by atoms with Crippen molar-refractivity contribution in [1.29, 1.82) is 0 Å². The highest BCUT2D eigenvalue weighted by molar-refractivity contribution is 9.10. The molecule has 1 rings (SSSR count). The lowest BCUT2D eigenvalue weighted by Crippen LogP contribution is -2.21. The van der Waals surface area contributed by atoms with Crippen LogP contribution in [-0.4, -0.2) is 12.2 Å². The Hall–Kier alpha value is -1.57. The van der Waals surface area contributed by atoms with Crippen LogP contribution in [0.1, 0.15) is 5.56 Å². The molecule has 0 saturated carbocycles. The van der Waals surface area contributed by atoms with E-state index in [1.807, 2.05) is 0 Å². The Morgan fingerprint density at radius 2 is 1.88 bits per heavy atom. The van der Waals surface area contributed by atoms with Crippen molar-refractivity contribution in [3.8, 4) is 0 Å². The molecule has 4 nitrogen and oxygen atoms in total. The lowest BCUT2D eigenvalue weighted by atomic mass is 10.2. The van der Waals surface area contributed by atoms with E-state index in [1.54, 1.807) is 0 Å². The van der Waals surface area contributed by atoms with Crippen LogP contribution in [0.15, 0.2) is 20.7 Å². The molecule has 0 saturated heterocycles. The zero-order valence-corrected chi connectivity index (χ0v) is 9.30. The van der Waals surface area contributed by atoms with Crippen molar-refractivity contribution >= 4 is 28.1 Å². The van der Waals surface area contributed by atoms with Crippen LogP contribution in [0.4, 0.5) is 13.2 Å². The molecular formula is C8H6BrF3N4. The predicted molar refractivity (Wildman–Crippen MR) is 57.4 cm³/mol. The second kappa shape index (κ2) is 4.97. The van der Waals surface area contributed by atoms with E-state index in [2.05, 4.69) is 26.1 Å². The maximum atomic E-state index is 13.3. The second-order valence-corrected chi connectivity index (χ2v) is 3.45. The standard InChI is InChI=1S/C8H6BrF3N4/c9-5-6(11)3(1-4(10)7(5)12)2-15-16-8(13)14/h1-2H,(H4,13,14,16). The van der Waals surface area contributed by atoms with Crippen molar-refractivity contribution in [2.24, 2.45) is 21.7 Å². The summed E-state index contributed by atoms with van der Waals surface area (Å²) >= 11 is 2.56. The van der Waals surface area contributed by atoms with Gasteiger partial charge < -0.3 is 11.5 Å². The first-order valence-electron chi connectivity index (χ1n) is 3.88. The van der Waals surface area contributed by atoms with Crippen molar-refractivity contribution in [1.82, 2.24) is 0 Å². The van der Waals surface area contributed by atoms with Gasteiger partial charge in [-0.15, -0.1) is 5.10 Å². The number of nitrogens with two attached hydrogens (primary N) is 2. The summed E-state index contributed by atoms with van der Waals surface area (Å²) in [6.45, 7) is 0. The number of halogens is 4. The summed E-state index contributed by atoms with van der Waals surface area (Å²) in [5.74, 6) is -3.84. The Morgan fingerprint density at radius 1 is 1.25 bits per heavy atom. The molecule has 1 aromatic carbocycles. The fourth-order valence-corrected chi connectivity index (χ4v) is 1.26. The quantitative estimate of drug-likeness (QED) is 0.285. The summed E-state index contributed by atoms with van der Waals surface area (Å²) in [7, 11) is 0. The molecule has 1 aromatic rings. The molecule has 0 aliphatic rings. The minimum absolute atomic E-state index is 0.282. The van der Waals surface area contributed by atoms with E-state index in [0.717, 1.165) is 6.21 Å². The van der Waals surface area contributed by atoms with Crippen LogP contribution in [0.3, 0.4) is 0 Å². The van der Waals surface area contributed by atoms with Crippen molar-refractivity contribution < 1.29 is 13.2 Å². The highest BCUT2D eigenvalue weighted by Crippen LogP contribution is 2.24. The van der Waals surface area contributed by atoms with Crippen LogP contribution in [0.2, 0.25) is 0 Å². The summed E-state index contributed by atoms with van der Waals surface area (Å²) < 4.78 is 38.4. The van der Waals surface area contributed by atoms with E-state index in [4.69, 9.17) is 11.5 Å². The molecule has 0 bridgehead atoms. The van der Waals surface area contributed by atoms with Gasteiger partial charge in [-0.3, -0.25) is 0 Å². The average molecular weight is 295 g/mol. The number of nitrogens with zero attached hydrogens (tertiary/aromatic N) is 2. The molecule has 86 valence electrons. The Balaban J connectivity index is 3.16. The molecule has 8 heteroatoms. The van der Waals surface area contributed by atoms with E-state index in [0.29, 0.717) is 6.07 Å². The summed E-state index contributed by atoms with van der Waals surface area (Å²) in [5, 5.41) is 6.46. The summed E-state index contributed by atoms with van der Waals surface area (Å²) in [6, 6.07) is 0.640. The van der Waals surface area contributed by atoms with Gasteiger partial charge in [-0.05, 0) is 22.0 Å². The number of rotatable bonds is 2. The Kier molecular flexibility index (Phi) is 3.88. The number of hydrogen-bond donors (Lipinski definition) is 2. The molecule has 0 aliphatic carbocycles. The lowest BCUT2D eigenvalue weighted by Gasteiger charge is -2.01. The monoisotopic (exact) mass is 294 g/mol. The topological polar surface area (TPSA) is 76.8 Å². The van der Waals surface area contributed by atoms with E-state index in [9.17, 15) is 13.2 Å². The van der Waals surface area contributed by atoms with Gasteiger partial charge in [-0.1, -0.05) is 0 Å². The van der Waals surface area contributed by atoms with Gasteiger partial charge in [0.2, 0.25) is 5.96 Å². The van der Waals surface area contributed by atoms with Gasteiger partial charge in [0.05, 0.1) is 10.7 Å². The average Bonchev–Trinajstić information content (AvgIpc) is 2.22. The predicted octanol–water partition coefficient (Wildman–Crippen LogP) is 1.47. The first-order valence-corrected chi connectivity index (χ1v) is 4.67. The first kappa shape index (κ1) is 12.5. The van der Waals surface area contributed by atoms with E-state index in [1.165, 1.54) is 0 Å². The van der Waals surface area contributed by atoms with Crippen molar-refractivity contribution in [2.45, 2.75) is 0 Å². The summed E-state index contributed by atoms with van der Waals surface area (Å²) in [6.07, 6.45) is 0.863. The molecule has 0 spiro atoms. The normalized spacial score (nSPS) is 10.8. The molecule has 0 fully saturated rings. The minimum atomic E-state index is -1.31. The first-order chi connectivity index (χ1) is 7.43. The Morgan fingerprint density at radius 3 is 2.44 bits per heavy atom. The van der Waals surface area contributed by atoms with Gasteiger partial charge in [0.15, 0.2) is 11.6 Å². The molecule has 0 aliphatic heterocycles. The maximum Gasteiger partial charge on any atom is 0.211 e. The van der Waals surface area contributed by atoms with Crippen LogP contribution in [0, 0.1) is 17.5 Å². The fourth-order valence-electron chi connectivity index (χ4n) is 0.843. The van der Waals surface area contributed by atoms with E-state index < -0.39 is 21.9 Å². The SMILES string of the molecule is NC(N)=NN=Cc1cc(F)c(F)c(Br)c1F. The van der Waals surface area contributed by atoms with Gasteiger partial charge in [-0.2, -0.15) is 5.10 Å². The van der Waals surface area contributed by atoms with E-state index in [-0.39, 0.29) is 11.5 Å². The van der Waals surface area contributed by atoms with Crippen molar-refractivity contribution in [3.05, 3.63) is 33.6 Å². The third-order valence-corrected chi connectivity index (χ3v) is 2.20. The van der Waals surface area contributed by atoms with Gasteiger partial charge >= 0.3 is 0 Å². The molecule has 0 atom stereocenters. The largest absolute Gasteiger partial charge is 0.369 e. The molecule has 0 amide bonds. The number of benzene rings is 1. The third-order valence-electron chi connectivity index (χ3n) is 1.50. The van der Waals surface area contributed by atoms with Crippen LogP contribution < -0.4 is 11.5 Å². The Labute approximate surface area is 97.0 Å². The Bertz CT molecular complexity index is 469. The molecule has 16 heavy (non-hydrogen) atoms. The van der Waals surface area contributed by atoms with Crippen LogP contribution >= 0.6 is 15.9 Å². The molecule has 0 aromatic heterocycles. The zero-order valence-electron chi connectivity index (χ0n) is 7.72. The molecular weight excluding hydrogens is 289 g/mol. The van der Waals surface area contributed by atoms with Gasteiger partial charge in [0, 0.05) is 5.56 Å². The molecule has 0 unspecified atom stereocenters. The summed E-state index contributed by atoms with van der Waals surface area (Å²) in [5.41, 5.74) is 9.63. The lowest BCUT2D eigenvalue weighted by molar-refractivity contribution is 0.487. The molecule has 4 N–H and O–H groups in total. The van der Waals surface area contributed by atoms with Gasteiger partial charge in [0.1, 0.15) is 5.82 Å². The minimum Gasteiger partial charge on any atom is -0.369 e.